The van der Waals surface area contributed by atoms with Crippen LogP contribution in [0.3, 0.4) is 0 Å². The molecule has 0 aliphatic heterocycles. The van der Waals surface area contributed by atoms with E-state index in [1.807, 2.05) is 0 Å². The predicted molar refractivity (Wildman–Crippen MR) is 95.8 cm³/mol. The molecule has 2 heteroatoms. The summed E-state index contributed by atoms with van der Waals surface area (Å²) in [6.45, 7) is 4.85. The van der Waals surface area contributed by atoms with Crippen molar-refractivity contribution in [1.82, 2.24) is 0 Å². The van der Waals surface area contributed by atoms with Crippen molar-refractivity contribution in [1.29, 1.82) is 0 Å². The van der Waals surface area contributed by atoms with Gasteiger partial charge in [-0.15, -0.1) is 0 Å². The number of carbonyl (C=O) groups excluding carboxylic acids is 2. The summed E-state index contributed by atoms with van der Waals surface area (Å²) in [6.07, 6.45) is 11.5. The SMILES string of the molecule is CC12CCC(=O)CC1=C1CC1C1C3=CC[C@@]4(C)CCC(=O)[C@@]34CCC12. The lowest BCUT2D eigenvalue weighted by Gasteiger charge is -2.56. The zero-order valence-electron chi connectivity index (χ0n) is 15.5. The largest absolute Gasteiger partial charge is 0.299 e. The van der Waals surface area contributed by atoms with E-state index >= 15 is 0 Å². The van der Waals surface area contributed by atoms with Crippen LogP contribution in [-0.2, 0) is 9.59 Å². The summed E-state index contributed by atoms with van der Waals surface area (Å²) in [4.78, 5) is 25.2. The van der Waals surface area contributed by atoms with Gasteiger partial charge in [-0.1, -0.05) is 36.6 Å². The summed E-state index contributed by atoms with van der Waals surface area (Å²) in [6, 6.07) is 0. The lowest BCUT2D eigenvalue weighted by Crippen LogP contribution is -2.51. The Balaban J connectivity index is 1.50. The Labute approximate surface area is 150 Å². The number of allylic oxidation sites excluding steroid dienone is 4. The normalized spacial score (nSPS) is 52.9. The average Bonchev–Trinajstić information content (AvgIpc) is 3.27. The van der Waals surface area contributed by atoms with Crippen LogP contribution in [0.4, 0.5) is 0 Å². The van der Waals surface area contributed by atoms with Gasteiger partial charge in [0.25, 0.3) is 0 Å². The predicted octanol–water partition coefficient (Wildman–Crippen LogP) is 4.79. The van der Waals surface area contributed by atoms with E-state index in [2.05, 4.69) is 19.9 Å². The second kappa shape index (κ2) is 4.21. The van der Waals surface area contributed by atoms with E-state index < -0.39 is 0 Å². The minimum absolute atomic E-state index is 0.111. The van der Waals surface area contributed by atoms with Crippen molar-refractivity contribution in [2.75, 3.05) is 0 Å². The van der Waals surface area contributed by atoms with Crippen LogP contribution in [0.2, 0.25) is 0 Å². The first-order valence-corrected chi connectivity index (χ1v) is 10.4. The summed E-state index contributed by atoms with van der Waals surface area (Å²) < 4.78 is 0. The van der Waals surface area contributed by atoms with Gasteiger partial charge in [0.1, 0.15) is 11.6 Å². The maximum Gasteiger partial charge on any atom is 0.143 e. The van der Waals surface area contributed by atoms with Gasteiger partial charge >= 0.3 is 0 Å². The summed E-state index contributed by atoms with van der Waals surface area (Å²) in [5, 5.41) is 0. The van der Waals surface area contributed by atoms with Crippen LogP contribution in [0, 0.1) is 34.0 Å². The molecular weight excluding hydrogens is 308 g/mol. The zero-order valence-corrected chi connectivity index (χ0v) is 15.5. The number of ketones is 2. The Bertz CT molecular complexity index is 801. The lowest BCUT2D eigenvalue weighted by molar-refractivity contribution is -0.130. The fourth-order valence-corrected chi connectivity index (χ4v) is 8.23. The van der Waals surface area contributed by atoms with Crippen LogP contribution < -0.4 is 0 Å². The Morgan fingerprint density at radius 3 is 2.76 bits per heavy atom. The Hall–Kier alpha value is -1.18. The molecule has 4 saturated carbocycles. The third kappa shape index (κ3) is 1.48. The quantitative estimate of drug-likeness (QED) is 0.596. The summed E-state index contributed by atoms with van der Waals surface area (Å²) in [5.41, 5.74) is 5.03. The van der Waals surface area contributed by atoms with Crippen molar-refractivity contribution in [3.63, 3.8) is 0 Å². The van der Waals surface area contributed by atoms with Gasteiger partial charge in [0.15, 0.2) is 0 Å². The van der Waals surface area contributed by atoms with Gasteiger partial charge in [0.05, 0.1) is 5.41 Å². The number of fused-ring (bicyclic) bond motifs is 6. The number of rotatable bonds is 0. The molecule has 0 radical (unpaired) electrons. The maximum absolute atomic E-state index is 13.1. The topological polar surface area (TPSA) is 34.1 Å². The van der Waals surface area contributed by atoms with E-state index in [1.165, 1.54) is 18.4 Å². The highest BCUT2D eigenvalue weighted by atomic mass is 16.1. The molecule has 0 saturated heterocycles. The van der Waals surface area contributed by atoms with Crippen molar-refractivity contribution in [2.24, 2.45) is 34.0 Å². The number of hydrogen-bond donors (Lipinski definition) is 0. The van der Waals surface area contributed by atoms with E-state index in [0.717, 1.165) is 44.9 Å². The molecule has 4 unspecified atom stereocenters. The van der Waals surface area contributed by atoms with Gasteiger partial charge in [-0.05, 0) is 67.1 Å². The molecule has 6 atom stereocenters. The summed E-state index contributed by atoms with van der Waals surface area (Å²) in [5.74, 6) is 2.94. The molecule has 6 aliphatic rings. The molecule has 0 bridgehead atoms. The first kappa shape index (κ1) is 14.9. The fraction of sp³-hybridized carbons (Fsp3) is 0.739. The molecule has 0 aromatic heterocycles. The highest BCUT2D eigenvalue weighted by molar-refractivity contribution is 5.93. The standard InChI is InChI=1S/C23H28O2/c1-21-7-4-17-20-15-12-14(15)18-11-13(24)3-9-22(18,2)16(20)5-10-23(17,21)19(25)6-8-21/h4,15-16,20H,3,5-12H2,1-2H3/t15?,16?,20?,21-,22?,23+/m0/s1. The van der Waals surface area contributed by atoms with Crippen molar-refractivity contribution >= 4 is 11.6 Å². The van der Waals surface area contributed by atoms with Gasteiger partial charge in [-0.3, -0.25) is 9.59 Å². The highest BCUT2D eigenvalue weighted by Crippen LogP contribution is 2.75. The first-order valence-electron chi connectivity index (χ1n) is 10.4. The summed E-state index contributed by atoms with van der Waals surface area (Å²) in [7, 11) is 0. The van der Waals surface area contributed by atoms with Gasteiger partial charge in [0, 0.05) is 19.3 Å². The molecule has 132 valence electrons. The minimum Gasteiger partial charge on any atom is -0.299 e. The maximum atomic E-state index is 13.1. The average molecular weight is 336 g/mol. The van der Waals surface area contributed by atoms with E-state index in [1.54, 1.807) is 11.1 Å². The van der Waals surface area contributed by atoms with E-state index in [-0.39, 0.29) is 16.2 Å². The molecule has 0 aromatic carbocycles. The number of hydrogen-bond acceptors (Lipinski definition) is 2. The van der Waals surface area contributed by atoms with Gasteiger partial charge in [-0.2, -0.15) is 0 Å². The van der Waals surface area contributed by atoms with Crippen LogP contribution in [0.1, 0.15) is 71.6 Å². The second-order valence-corrected chi connectivity index (χ2v) is 10.4. The lowest BCUT2D eigenvalue weighted by atomic mass is 9.47. The molecule has 6 aliphatic carbocycles. The number of Topliss-reactive ketones (excluding diaryl/α,β-unsaturated/α-hetero) is 2. The molecule has 1 spiro atoms. The molecule has 0 aromatic rings. The zero-order chi connectivity index (χ0) is 17.2. The van der Waals surface area contributed by atoms with Crippen LogP contribution in [-0.4, -0.2) is 11.6 Å². The molecule has 0 amide bonds. The summed E-state index contributed by atoms with van der Waals surface area (Å²) >= 11 is 0. The Morgan fingerprint density at radius 2 is 1.92 bits per heavy atom. The van der Waals surface area contributed by atoms with Crippen LogP contribution in [0.15, 0.2) is 22.8 Å². The first-order chi connectivity index (χ1) is 11.9. The van der Waals surface area contributed by atoms with E-state index in [0.29, 0.717) is 29.3 Å². The molecule has 0 N–H and O–H groups in total. The third-order valence-corrected chi connectivity index (χ3v) is 9.65. The monoisotopic (exact) mass is 336 g/mol. The van der Waals surface area contributed by atoms with Crippen LogP contribution >= 0.6 is 0 Å². The molecule has 25 heavy (non-hydrogen) atoms. The van der Waals surface area contributed by atoms with Crippen molar-refractivity contribution in [3.05, 3.63) is 22.8 Å². The van der Waals surface area contributed by atoms with E-state index in [4.69, 9.17) is 0 Å². The van der Waals surface area contributed by atoms with Crippen molar-refractivity contribution < 1.29 is 9.59 Å². The smallest absolute Gasteiger partial charge is 0.143 e. The van der Waals surface area contributed by atoms with Crippen LogP contribution in [0.25, 0.3) is 0 Å². The van der Waals surface area contributed by atoms with Gasteiger partial charge < -0.3 is 0 Å². The molecule has 0 heterocycles. The Kier molecular flexibility index (Phi) is 2.51. The van der Waals surface area contributed by atoms with E-state index in [9.17, 15) is 9.59 Å². The molecular formula is C23H28O2. The minimum atomic E-state index is -0.111. The van der Waals surface area contributed by atoms with Gasteiger partial charge in [0.2, 0.25) is 0 Å². The highest BCUT2D eigenvalue weighted by Gasteiger charge is 2.69. The van der Waals surface area contributed by atoms with Crippen molar-refractivity contribution in [3.8, 4) is 0 Å². The molecule has 4 fully saturated rings. The fourth-order valence-electron chi connectivity index (χ4n) is 8.23. The van der Waals surface area contributed by atoms with Crippen molar-refractivity contribution in [2.45, 2.75) is 71.6 Å². The molecule has 2 nitrogen and oxygen atoms in total. The van der Waals surface area contributed by atoms with Gasteiger partial charge in [-0.25, -0.2) is 0 Å². The molecule has 6 rings (SSSR count). The Morgan fingerprint density at radius 1 is 1.08 bits per heavy atom. The second-order valence-electron chi connectivity index (χ2n) is 10.4. The third-order valence-electron chi connectivity index (χ3n) is 9.65. The number of carbonyl (C=O) groups is 2. The van der Waals surface area contributed by atoms with Crippen LogP contribution in [0.5, 0.6) is 0 Å².